The molecule has 2 amide bonds. The highest BCUT2D eigenvalue weighted by Gasteiger charge is 2.31. The minimum absolute atomic E-state index is 0.0821. The highest BCUT2D eigenvalue weighted by molar-refractivity contribution is 6.04. The van der Waals surface area contributed by atoms with Gasteiger partial charge in [-0.25, -0.2) is 9.59 Å². The molecule has 11 heteroatoms. The first kappa shape index (κ1) is 35.5. The number of amides is 2. The predicted molar refractivity (Wildman–Crippen MR) is 193 cm³/mol. The summed E-state index contributed by atoms with van der Waals surface area (Å²) in [7, 11) is 1.56. The monoisotopic (exact) mass is 695 g/mol. The number of anilines is 1. The first-order chi connectivity index (χ1) is 24.6. The van der Waals surface area contributed by atoms with E-state index in [-0.39, 0.29) is 25.0 Å². The standard InChI is InChI=1S/C40H45N3O8/c1-40(2,3)51-39(46)43-32(38(45)50-28-12-8-9-13-28)20-21-48-35-23-33-30(22-34(35)47-4)36(31(24-41-33)25-14-15-25)49-29-18-16-27(17-19-29)42-37(44)26-10-6-5-7-11-26/h5-7,10-11,16-19,22-25,28,32H,8-9,12-15,20-21H2,1-4H3,(H,42,44)(H,43,46). The van der Waals surface area contributed by atoms with Crippen LogP contribution >= 0.6 is 0 Å². The Bertz CT molecular complexity index is 1850. The number of carbonyl (C=O) groups excluding carboxylic acids is 3. The molecule has 0 radical (unpaired) electrons. The van der Waals surface area contributed by atoms with Gasteiger partial charge in [-0.05, 0) is 108 Å². The molecule has 3 aromatic carbocycles. The van der Waals surface area contributed by atoms with Gasteiger partial charge in [-0.15, -0.1) is 0 Å². The number of hydrogen-bond donors (Lipinski definition) is 2. The normalized spacial score (nSPS) is 15.1. The van der Waals surface area contributed by atoms with Crippen molar-refractivity contribution in [2.45, 2.75) is 89.4 Å². The third kappa shape index (κ3) is 9.48. The van der Waals surface area contributed by atoms with Gasteiger partial charge in [0.1, 0.15) is 29.2 Å². The topological polar surface area (TPSA) is 134 Å². The quantitative estimate of drug-likeness (QED) is 0.132. The molecular weight excluding hydrogens is 650 g/mol. The van der Waals surface area contributed by atoms with Crippen LogP contribution in [0.4, 0.5) is 10.5 Å². The summed E-state index contributed by atoms with van der Waals surface area (Å²) in [6.45, 7) is 5.36. The maximum atomic E-state index is 13.1. The SMILES string of the molecule is COc1cc2c(Oc3ccc(NC(=O)c4ccccc4)cc3)c(C3CC3)cnc2cc1OCCC(NC(=O)OC(C)(C)C)C(=O)OC1CCCC1. The Kier molecular flexibility index (Phi) is 10.9. The molecule has 2 saturated carbocycles. The third-order valence-corrected chi connectivity index (χ3v) is 8.74. The number of benzene rings is 3. The van der Waals surface area contributed by atoms with E-state index >= 15 is 0 Å². The van der Waals surface area contributed by atoms with Crippen molar-refractivity contribution in [1.82, 2.24) is 10.3 Å². The zero-order valence-electron chi connectivity index (χ0n) is 29.5. The molecule has 1 heterocycles. The summed E-state index contributed by atoms with van der Waals surface area (Å²) in [5.41, 5.74) is 2.15. The first-order valence-corrected chi connectivity index (χ1v) is 17.5. The van der Waals surface area contributed by atoms with Gasteiger partial charge in [0.15, 0.2) is 11.5 Å². The van der Waals surface area contributed by atoms with E-state index in [1.54, 1.807) is 58.2 Å². The zero-order valence-corrected chi connectivity index (χ0v) is 29.5. The average molecular weight is 696 g/mol. The van der Waals surface area contributed by atoms with Crippen LogP contribution in [0, 0.1) is 0 Å². The summed E-state index contributed by atoms with van der Waals surface area (Å²) in [6.07, 6.45) is 6.90. The third-order valence-electron chi connectivity index (χ3n) is 8.74. The van der Waals surface area contributed by atoms with E-state index in [0.29, 0.717) is 45.7 Å². The number of esters is 1. The van der Waals surface area contributed by atoms with E-state index in [4.69, 9.17) is 28.7 Å². The molecule has 0 bridgehead atoms. The molecule has 1 atom stereocenters. The van der Waals surface area contributed by atoms with Gasteiger partial charge in [-0.1, -0.05) is 18.2 Å². The maximum Gasteiger partial charge on any atom is 0.408 e. The van der Waals surface area contributed by atoms with Crippen LogP contribution in [0.2, 0.25) is 0 Å². The van der Waals surface area contributed by atoms with Crippen molar-refractivity contribution in [3.05, 3.63) is 84.1 Å². The van der Waals surface area contributed by atoms with Crippen LogP contribution < -0.4 is 24.8 Å². The fourth-order valence-corrected chi connectivity index (χ4v) is 6.02. The number of nitrogens with zero attached hydrogens (tertiary/aromatic N) is 1. The van der Waals surface area contributed by atoms with Crippen molar-refractivity contribution in [3.63, 3.8) is 0 Å². The lowest BCUT2D eigenvalue weighted by molar-refractivity contribution is -0.151. The molecule has 268 valence electrons. The molecular formula is C40H45N3O8. The number of pyridine rings is 1. The Balaban J connectivity index is 1.18. The summed E-state index contributed by atoms with van der Waals surface area (Å²) in [4.78, 5) is 43.1. The number of ether oxygens (including phenoxy) is 5. The van der Waals surface area contributed by atoms with Crippen LogP contribution in [0.25, 0.3) is 10.9 Å². The van der Waals surface area contributed by atoms with Gasteiger partial charge in [0.05, 0.1) is 19.2 Å². The minimum atomic E-state index is -0.954. The lowest BCUT2D eigenvalue weighted by atomic mass is 10.1. The molecule has 6 rings (SSSR count). The largest absolute Gasteiger partial charge is 0.493 e. The number of aromatic nitrogens is 1. The summed E-state index contributed by atoms with van der Waals surface area (Å²) in [5.74, 6) is 1.84. The molecule has 0 spiro atoms. The zero-order chi connectivity index (χ0) is 36.0. The molecule has 1 aromatic heterocycles. The first-order valence-electron chi connectivity index (χ1n) is 17.5. The number of methoxy groups -OCH3 is 1. The van der Waals surface area contributed by atoms with E-state index in [9.17, 15) is 14.4 Å². The van der Waals surface area contributed by atoms with Gasteiger partial charge in [0.2, 0.25) is 0 Å². The van der Waals surface area contributed by atoms with Crippen LogP contribution in [-0.4, -0.2) is 54.4 Å². The van der Waals surface area contributed by atoms with Crippen molar-refractivity contribution >= 4 is 34.6 Å². The second-order valence-electron chi connectivity index (χ2n) is 14.0. The highest BCUT2D eigenvalue weighted by Crippen LogP contribution is 2.48. The molecule has 2 aliphatic rings. The molecule has 4 aromatic rings. The number of carbonyl (C=O) groups is 3. The molecule has 11 nitrogen and oxygen atoms in total. The van der Waals surface area contributed by atoms with Crippen molar-refractivity contribution < 1.29 is 38.1 Å². The van der Waals surface area contributed by atoms with Gasteiger partial charge in [-0.3, -0.25) is 9.78 Å². The van der Waals surface area contributed by atoms with Crippen LogP contribution in [-0.2, 0) is 14.3 Å². The van der Waals surface area contributed by atoms with Crippen LogP contribution in [0.5, 0.6) is 23.0 Å². The minimum Gasteiger partial charge on any atom is -0.493 e. The highest BCUT2D eigenvalue weighted by atomic mass is 16.6. The van der Waals surface area contributed by atoms with Crippen molar-refractivity contribution in [1.29, 1.82) is 0 Å². The van der Waals surface area contributed by atoms with E-state index in [1.165, 1.54) is 0 Å². The number of fused-ring (bicyclic) bond motifs is 1. The Labute approximate surface area is 298 Å². The summed E-state index contributed by atoms with van der Waals surface area (Å²) >= 11 is 0. The fraction of sp³-hybridized carbons (Fsp3) is 0.400. The van der Waals surface area contributed by atoms with Crippen LogP contribution in [0.3, 0.4) is 0 Å². The van der Waals surface area contributed by atoms with Gasteiger partial charge < -0.3 is 34.3 Å². The van der Waals surface area contributed by atoms with E-state index in [1.807, 2.05) is 42.6 Å². The molecule has 0 aliphatic heterocycles. The Morgan fingerprint density at radius 1 is 0.922 bits per heavy atom. The number of rotatable bonds is 13. The molecule has 2 aliphatic carbocycles. The Morgan fingerprint density at radius 2 is 1.65 bits per heavy atom. The van der Waals surface area contributed by atoms with Gasteiger partial charge in [-0.2, -0.15) is 0 Å². The molecule has 2 N–H and O–H groups in total. The number of nitrogens with one attached hydrogen (secondary N) is 2. The smallest absolute Gasteiger partial charge is 0.408 e. The van der Waals surface area contributed by atoms with Gasteiger partial charge >= 0.3 is 12.1 Å². The van der Waals surface area contributed by atoms with Crippen molar-refractivity contribution in [3.8, 4) is 23.0 Å². The second kappa shape index (κ2) is 15.7. The van der Waals surface area contributed by atoms with Crippen molar-refractivity contribution in [2.24, 2.45) is 0 Å². The van der Waals surface area contributed by atoms with Crippen molar-refractivity contribution in [2.75, 3.05) is 19.0 Å². The lowest BCUT2D eigenvalue weighted by Gasteiger charge is -2.24. The second-order valence-corrected chi connectivity index (χ2v) is 14.0. The Hall–Kier alpha value is -5.32. The van der Waals surface area contributed by atoms with Crippen LogP contribution in [0.15, 0.2) is 72.9 Å². The van der Waals surface area contributed by atoms with E-state index in [2.05, 4.69) is 10.6 Å². The molecule has 2 fully saturated rings. The van der Waals surface area contributed by atoms with E-state index < -0.39 is 23.7 Å². The number of alkyl carbamates (subject to hydrolysis) is 1. The lowest BCUT2D eigenvalue weighted by Crippen LogP contribution is -2.45. The fourth-order valence-electron chi connectivity index (χ4n) is 6.02. The maximum absolute atomic E-state index is 13.1. The number of hydrogen-bond acceptors (Lipinski definition) is 9. The summed E-state index contributed by atoms with van der Waals surface area (Å²) in [6, 6.07) is 19.0. The van der Waals surface area contributed by atoms with Gasteiger partial charge in [0.25, 0.3) is 5.91 Å². The average Bonchev–Trinajstić information content (AvgIpc) is 3.82. The Morgan fingerprint density at radius 3 is 2.31 bits per heavy atom. The molecule has 0 saturated heterocycles. The van der Waals surface area contributed by atoms with E-state index in [0.717, 1.165) is 49.5 Å². The van der Waals surface area contributed by atoms with Crippen LogP contribution in [0.1, 0.15) is 87.6 Å². The molecule has 51 heavy (non-hydrogen) atoms. The van der Waals surface area contributed by atoms with Gasteiger partial charge in [0, 0.05) is 40.9 Å². The molecule has 1 unspecified atom stereocenters. The predicted octanol–water partition coefficient (Wildman–Crippen LogP) is 8.31. The summed E-state index contributed by atoms with van der Waals surface area (Å²) in [5, 5.41) is 6.34. The summed E-state index contributed by atoms with van der Waals surface area (Å²) < 4.78 is 29.5.